The summed E-state index contributed by atoms with van der Waals surface area (Å²) in [7, 11) is -4.72. The summed E-state index contributed by atoms with van der Waals surface area (Å²) in [6.45, 7) is -0.780. The molecule has 0 aliphatic carbocycles. The predicted octanol–water partition coefficient (Wildman–Crippen LogP) is -1.28. The Hall–Kier alpha value is -1.01. The Morgan fingerprint density at radius 1 is 1.14 bits per heavy atom. The van der Waals surface area contributed by atoms with Crippen LogP contribution in [0.3, 0.4) is 0 Å². The Morgan fingerprint density at radius 3 is 2.10 bits per heavy atom. The molecule has 0 amide bonds. The third-order valence-electron chi connectivity index (χ3n) is 2.05. The molecular formula is C10H10NaO9S. The van der Waals surface area contributed by atoms with Gasteiger partial charge in [0, 0.05) is 29.6 Å². The fraction of sp³-hybridized carbons (Fsp3) is 0.200. The summed E-state index contributed by atoms with van der Waals surface area (Å²) in [5.74, 6) is -2.70. The van der Waals surface area contributed by atoms with Crippen LogP contribution < -0.4 is 0 Å². The van der Waals surface area contributed by atoms with E-state index in [9.17, 15) is 18.0 Å². The largest absolute Gasteiger partial charge is 0.478 e. The van der Waals surface area contributed by atoms with Gasteiger partial charge < -0.3 is 20.1 Å². The minimum absolute atomic E-state index is 0. The number of carboxylic acids is 1. The molecule has 0 saturated heterocycles. The Bertz CT molecular complexity index is 638. The van der Waals surface area contributed by atoms with Gasteiger partial charge in [0.1, 0.15) is 6.61 Å². The van der Waals surface area contributed by atoms with Gasteiger partial charge in [-0.15, -0.1) is 0 Å². The average Bonchev–Trinajstić information content (AvgIpc) is 2.34. The molecule has 9 nitrogen and oxygen atoms in total. The maximum atomic E-state index is 11.5. The minimum Gasteiger partial charge on any atom is -0.478 e. The van der Waals surface area contributed by atoms with E-state index in [4.69, 9.17) is 19.9 Å². The summed E-state index contributed by atoms with van der Waals surface area (Å²) >= 11 is 0. The number of hydrogen-bond acceptors (Lipinski definition) is 7. The average molecular weight is 329 g/mol. The molecule has 0 spiro atoms. The van der Waals surface area contributed by atoms with Gasteiger partial charge in [0.05, 0.1) is 16.0 Å². The molecule has 0 fully saturated rings. The summed E-state index contributed by atoms with van der Waals surface area (Å²) in [4.78, 5) is 21.5. The van der Waals surface area contributed by atoms with E-state index >= 15 is 0 Å². The number of esters is 1. The van der Waals surface area contributed by atoms with Gasteiger partial charge in [-0.05, 0) is 18.2 Å². The first-order valence-corrected chi connectivity index (χ1v) is 6.44. The monoisotopic (exact) mass is 329 g/mol. The third-order valence-corrected chi connectivity index (χ3v) is 2.88. The number of aliphatic hydroxyl groups is 2. The van der Waals surface area contributed by atoms with E-state index in [0.29, 0.717) is 12.1 Å². The van der Waals surface area contributed by atoms with Crippen LogP contribution in [-0.2, 0) is 14.9 Å². The second kappa shape index (κ2) is 7.84. The number of aromatic carboxylic acids is 1. The van der Waals surface area contributed by atoms with Crippen LogP contribution in [-0.4, -0.2) is 82.7 Å². The molecule has 0 aromatic heterocycles. The SMILES string of the molecule is O=C(O)c1cc(C(=O)OCC(O)O)cc(S(=O)(=O)O)c1.[Na]. The Kier molecular flexibility index (Phi) is 7.47. The molecule has 0 aliphatic heterocycles. The van der Waals surface area contributed by atoms with E-state index in [1.165, 1.54) is 0 Å². The first-order valence-electron chi connectivity index (χ1n) is 5.00. The van der Waals surface area contributed by atoms with Crippen molar-refractivity contribution in [3.63, 3.8) is 0 Å². The molecule has 11 heteroatoms. The Balaban J connectivity index is 0.00000400. The molecule has 0 bridgehead atoms. The zero-order valence-corrected chi connectivity index (χ0v) is 13.6. The fourth-order valence-electron chi connectivity index (χ4n) is 1.22. The molecule has 0 saturated carbocycles. The Labute approximate surface area is 141 Å². The summed E-state index contributed by atoms with van der Waals surface area (Å²) in [6, 6.07) is 2.19. The van der Waals surface area contributed by atoms with Crippen LogP contribution in [0.25, 0.3) is 0 Å². The first kappa shape index (κ1) is 20.0. The van der Waals surface area contributed by atoms with Gasteiger partial charge in [0.25, 0.3) is 10.1 Å². The van der Waals surface area contributed by atoms with E-state index in [0.717, 1.165) is 6.07 Å². The number of hydrogen-bond donors (Lipinski definition) is 4. The molecule has 1 aromatic rings. The number of carboxylic acid groups (broad SMARTS) is 1. The van der Waals surface area contributed by atoms with Crippen LogP contribution in [0.2, 0.25) is 0 Å². The fourth-order valence-corrected chi connectivity index (χ4v) is 1.77. The van der Waals surface area contributed by atoms with Crippen molar-refractivity contribution in [1.29, 1.82) is 0 Å². The van der Waals surface area contributed by atoms with Crippen LogP contribution >= 0.6 is 0 Å². The van der Waals surface area contributed by atoms with Crippen molar-refractivity contribution in [2.45, 2.75) is 11.2 Å². The number of ether oxygens (including phenoxy) is 1. The van der Waals surface area contributed by atoms with Gasteiger partial charge in [-0.2, -0.15) is 8.42 Å². The standard InChI is InChI=1S/C10H10O9S.Na/c11-8(12)4-19-10(15)6-1-5(9(13)14)2-7(3-6)20(16,17)18;/h1-3,8,11-12H,4H2,(H,13,14)(H,16,17,18);. The Morgan fingerprint density at radius 2 is 1.67 bits per heavy atom. The number of rotatable bonds is 5. The minimum atomic E-state index is -4.72. The van der Waals surface area contributed by atoms with Gasteiger partial charge in [0.2, 0.25) is 0 Å². The number of aliphatic hydroxyl groups excluding tert-OH is 1. The molecule has 1 radical (unpaired) electrons. The molecule has 0 unspecified atom stereocenters. The van der Waals surface area contributed by atoms with E-state index in [2.05, 4.69) is 4.74 Å². The van der Waals surface area contributed by atoms with Crippen molar-refractivity contribution in [2.75, 3.05) is 6.61 Å². The van der Waals surface area contributed by atoms with Gasteiger partial charge in [-0.3, -0.25) is 4.55 Å². The second-order valence-electron chi connectivity index (χ2n) is 3.61. The zero-order valence-electron chi connectivity index (χ0n) is 10.8. The molecule has 4 N–H and O–H groups in total. The van der Waals surface area contributed by atoms with Crippen molar-refractivity contribution in [3.8, 4) is 0 Å². The summed E-state index contributed by atoms with van der Waals surface area (Å²) in [6.07, 6.45) is -1.93. The first-order chi connectivity index (χ1) is 9.11. The number of carbonyl (C=O) groups is 2. The van der Waals surface area contributed by atoms with Crippen molar-refractivity contribution >= 4 is 51.6 Å². The quantitative estimate of drug-likeness (QED) is 0.223. The van der Waals surface area contributed by atoms with Crippen molar-refractivity contribution in [1.82, 2.24) is 0 Å². The molecule has 0 heterocycles. The van der Waals surface area contributed by atoms with Crippen LogP contribution in [0.15, 0.2) is 23.1 Å². The number of benzene rings is 1. The van der Waals surface area contributed by atoms with E-state index in [1.807, 2.05) is 0 Å². The van der Waals surface area contributed by atoms with E-state index in [1.54, 1.807) is 0 Å². The number of carbonyl (C=O) groups excluding carboxylic acids is 1. The summed E-state index contributed by atoms with van der Waals surface area (Å²) in [5.41, 5.74) is -1.03. The van der Waals surface area contributed by atoms with Gasteiger partial charge in [-0.25, -0.2) is 9.59 Å². The molecule has 111 valence electrons. The van der Waals surface area contributed by atoms with Crippen LogP contribution in [0.4, 0.5) is 0 Å². The zero-order chi connectivity index (χ0) is 15.5. The maximum Gasteiger partial charge on any atom is 0.338 e. The van der Waals surface area contributed by atoms with Crippen LogP contribution in [0, 0.1) is 0 Å². The van der Waals surface area contributed by atoms with Crippen LogP contribution in [0.1, 0.15) is 20.7 Å². The van der Waals surface area contributed by atoms with Gasteiger partial charge in [0.15, 0.2) is 6.29 Å². The molecule has 1 aromatic carbocycles. The van der Waals surface area contributed by atoms with Gasteiger partial charge >= 0.3 is 11.9 Å². The maximum absolute atomic E-state index is 11.5. The van der Waals surface area contributed by atoms with E-state index < -0.39 is 51.0 Å². The van der Waals surface area contributed by atoms with Crippen molar-refractivity contribution in [3.05, 3.63) is 29.3 Å². The molecule has 21 heavy (non-hydrogen) atoms. The summed E-state index contributed by atoms with van der Waals surface area (Å²) < 4.78 is 35.2. The van der Waals surface area contributed by atoms with E-state index in [-0.39, 0.29) is 29.6 Å². The van der Waals surface area contributed by atoms with Crippen molar-refractivity contribution in [2.24, 2.45) is 0 Å². The van der Waals surface area contributed by atoms with Gasteiger partial charge in [-0.1, -0.05) is 0 Å². The molecular weight excluding hydrogens is 319 g/mol. The van der Waals surface area contributed by atoms with Crippen LogP contribution in [0.5, 0.6) is 0 Å². The van der Waals surface area contributed by atoms with Crippen molar-refractivity contribution < 1.29 is 42.6 Å². The smallest absolute Gasteiger partial charge is 0.338 e. The normalized spacial score (nSPS) is 10.9. The molecule has 0 atom stereocenters. The molecule has 0 aliphatic rings. The summed E-state index contributed by atoms with van der Waals surface area (Å²) in [5, 5.41) is 25.8. The molecule has 1 rings (SSSR count). The second-order valence-corrected chi connectivity index (χ2v) is 5.03. The predicted molar refractivity (Wildman–Crippen MR) is 67.5 cm³/mol. The topological polar surface area (TPSA) is 158 Å². The third kappa shape index (κ3) is 6.09.